The minimum Gasteiger partial charge on any atom is -0.355 e. The van der Waals surface area contributed by atoms with Crippen molar-refractivity contribution >= 4 is 22.3 Å². The van der Waals surface area contributed by atoms with E-state index in [2.05, 4.69) is 10.3 Å². The first-order valence-corrected chi connectivity index (χ1v) is 8.75. The number of carbonyl (C=O) groups is 1. The highest BCUT2D eigenvalue weighted by Crippen LogP contribution is 2.31. The first kappa shape index (κ1) is 19.0. The minimum absolute atomic E-state index is 0.0494. The van der Waals surface area contributed by atoms with Crippen LogP contribution in [0.25, 0.3) is 0 Å². The molecule has 3 aromatic rings. The summed E-state index contributed by atoms with van der Waals surface area (Å²) in [6, 6.07) is 10.1. The fourth-order valence-corrected chi connectivity index (χ4v) is 3.31. The van der Waals surface area contributed by atoms with Gasteiger partial charge in [0.05, 0.1) is 22.7 Å². The Bertz CT molecular complexity index is 951. The third-order valence-electron chi connectivity index (χ3n) is 3.89. The van der Waals surface area contributed by atoms with Crippen LogP contribution in [0.4, 0.5) is 22.7 Å². The summed E-state index contributed by atoms with van der Waals surface area (Å²) >= 11 is 1.05. The van der Waals surface area contributed by atoms with E-state index >= 15 is 0 Å². The third-order valence-corrected chi connectivity index (χ3v) is 4.82. The van der Waals surface area contributed by atoms with Crippen molar-refractivity contribution in [3.63, 3.8) is 0 Å². The molecule has 27 heavy (non-hydrogen) atoms. The maximum absolute atomic E-state index is 13.0. The number of aromatic nitrogens is 1. The number of anilines is 1. The molecule has 1 aromatic heterocycles. The molecule has 3 nitrogen and oxygen atoms in total. The van der Waals surface area contributed by atoms with E-state index in [0.717, 1.165) is 29.0 Å². The number of nitrogens with one attached hydrogen (secondary N) is 1. The van der Waals surface area contributed by atoms with Gasteiger partial charge in [-0.15, -0.1) is 0 Å². The van der Waals surface area contributed by atoms with E-state index in [1.54, 1.807) is 12.1 Å². The largest absolute Gasteiger partial charge is 0.416 e. The quantitative estimate of drug-likeness (QED) is 0.446. The Kier molecular flexibility index (Phi) is 5.27. The van der Waals surface area contributed by atoms with Crippen LogP contribution in [0.15, 0.2) is 54.7 Å². The first-order valence-electron chi connectivity index (χ1n) is 7.94. The number of carbonyl (C=O) groups excluding carboxylic acids is 1. The standard InChI is InChI=1S/C19H14F4N2OS/c1-11(12-5-7-15(20)8-6-12)25-18-24-10-16(27-18)17(26)13-3-2-4-14(9-13)19(21,22)23/h2-11H,1H3,(H,24,25). The van der Waals surface area contributed by atoms with Gasteiger partial charge in [0.1, 0.15) is 5.82 Å². The second kappa shape index (κ2) is 7.48. The lowest BCUT2D eigenvalue weighted by Crippen LogP contribution is -2.07. The molecular weight excluding hydrogens is 380 g/mol. The summed E-state index contributed by atoms with van der Waals surface area (Å²) in [4.78, 5) is 16.8. The fourth-order valence-electron chi connectivity index (χ4n) is 2.44. The molecule has 0 saturated heterocycles. The number of thiazole rings is 1. The van der Waals surface area contributed by atoms with E-state index in [9.17, 15) is 22.4 Å². The van der Waals surface area contributed by atoms with Crippen LogP contribution < -0.4 is 5.32 Å². The van der Waals surface area contributed by atoms with Crippen molar-refractivity contribution in [1.82, 2.24) is 4.98 Å². The molecule has 2 aromatic carbocycles. The summed E-state index contributed by atoms with van der Waals surface area (Å²) in [6.45, 7) is 1.85. The predicted molar refractivity (Wildman–Crippen MR) is 95.4 cm³/mol. The molecule has 0 bridgehead atoms. The second-order valence-electron chi connectivity index (χ2n) is 5.85. The Hall–Kier alpha value is -2.74. The highest BCUT2D eigenvalue weighted by molar-refractivity contribution is 7.17. The van der Waals surface area contributed by atoms with Gasteiger partial charge < -0.3 is 5.32 Å². The molecule has 0 radical (unpaired) electrons. The second-order valence-corrected chi connectivity index (χ2v) is 6.89. The van der Waals surface area contributed by atoms with Gasteiger partial charge in [-0.05, 0) is 36.8 Å². The smallest absolute Gasteiger partial charge is 0.355 e. The van der Waals surface area contributed by atoms with Crippen LogP contribution in [-0.2, 0) is 6.18 Å². The predicted octanol–water partition coefficient (Wildman–Crippen LogP) is 5.71. The Morgan fingerprint density at radius 2 is 1.85 bits per heavy atom. The first-order chi connectivity index (χ1) is 12.7. The Morgan fingerprint density at radius 1 is 1.15 bits per heavy atom. The molecule has 0 fully saturated rings. The van der Waals surface area contributed by atoms with E-state index in [4.69, 9.17) is 0 Å². The van der Waals surface area contributed by atoms with Gasteiger partial charge in [0.25, 0.3) is 0 Å². The number of alkyl halides is 3. The Balaban J connectivity index is 1.75. The zero-order chi connectivity index (χ0) is 19.6. The van der Waals surface area contributed by atoms with Gasteiger partial charge in [0.2, 0.25) is 5.78 Å². The topological polar surface area (TPSA) is 42.0 Å². The molecule has 0 spiro atoms. The van der Waals surface area contributed by atoms with Crippen molar-refractivity contribution in [2.45, 2.75) is 19.1 Å². The van der Waals surface area contributed by atoms with Crippen LogP contribution >= 0.6 is 11.3 Å². The van der Waals surface area contributed by atoms with Gasteiger partial charge in [0.15, 0.2) is 5.13 Å². The highest BCUT2D eigenvalue weighted by Gasteiger charge is 2.31. The Labute approximate surface area is 156 Å². The molecule has 0 amide bonds. The minimum atomic E-state index is -4.51. The average molecular weight is 394 g/mol. The van der Waals surface area contributed by atoms with E-state index < -0.39 is 17.5 Å². The SMILES string of the molecule is CC(Nc1ncc(C(=O)c2cccc(C(F)(F)F)c2)s1)c1ccc(F)cc1. The van der Waals surface area contributed by atoms with E-state index in [-0.39, 0.29) is 22.3 Å². The number of halogens is 4. The number of hydrogen-bond donors (Lipinski definition) is 1. The zero-order valence-electron chi connectivity index (χ0n) is 14.0. The lowest BCUT2D eigenvalue weighted by molar-refractivity contribution is -0.137. The van der Waals surface area contributed by atoms with Crippen LogP contribution in [0.5, 0.6) is 0 Å². The van der Waals surface area contributed by atoms with Crippen LogP contribution in [-0.4, -0.2) is 10.8 Å². The van der Waals surface area contributed by atoms with Crippen LogP contribution in [0.3, 0.4) is 0 Å². The van der Waals surface area contributed by atoms with Crippen molar-refractivity contribution in [2.75, 3.05) is 5.32 Å². The molecular formula is C19H14F4N2OS. The average Bonchev–Trinajstić information content (AvgIpc) is 3.09. The number of rotatable bonds is 5. The maximum Gasteiger partial charge on any atom is 0.416 e. The normalized spacial score (nSPS) is 12.6. The summed E-state index contributed by atoms with van der Waals surface area (Å²) in [7, 11) is 0. The number of benzene rings is 2. The number of ketones is 1. The molecule has 0 aliphatic heterocycles. The van der Waals surface area contributed by atoms with Gasteiger partial charge in [0, 0.05) is 5.56 Å². The van der Waals surface area contributed by atoms with E-state index in [0.29, 0.717) is 5.13 Å². The molecule has 3 rings (SSSR count). The van der Waals surface area contributed by atoms with Crippen molar-refractivity contribution in [1.29, 1.82) is 0 Å². The molecule has 0 aliphatic carbocycles. The Morgan fingerprint density at radius 3 is 2.52 bits per heavy atom. The lowest BCUT2D eigenvalue weighted by Gasteiger charge is -2.12. The monoisotopic (exact) mass is 394 g/mol. The van der Waals surface area contributed by atoms with Gasteiger partial charge >= 0.3 is 6.18 Å². The van der Waals surface area contributed by atoms with Crippen molar-refractivity contribution < 1.29 is 22.4 Å². The summed E-state index contributed by atoms with van der Waals surface area (Å²) in [5.41, 5.74) is -0.0925. The number of nitrogens with zero attached hydrogens (tertiary/aromatic N) is 1. The molecule has 1 N–H and O–H groups in total. The molecule has 1 heterocycles. The molecule has 1 atom stereocenters. The van der Waals surface area contributed by atoms with Gasteiger partial charge in [-0.25, -0.2) is 9.37 Å². The highest BCUT2D eigenvalue weighted by atomic mass is 32.1. The van der Waals surface area contributed by atoms with Crippen LogP contribution in [0.1, 0.15) is 39.3 Å². The summed E-state index contributed by atoms with van der Waals surface area (Å²) in [5.74, 6) is -0.866. The van der Waals surface area contributed by atoms with Crippen LogP contribution in [0, 0.1) is 5.82 Å². The van der Waals surface area contributed by atoms with E-state index in [1.807, 2.05) is 6.92 Å². The van der Waals surface area contributed by atoms with Crippen LogP contribution in [0.2, 0.25) is 0 Å². The van der Waals surface area contributed by atoms with Crippen molar-refractivity contribution in [3.05, 3.63) is 82.1 Å². The van der Waals surface area contributed by atoms with Gasteiger partial charge in [-0.2, -0.15) is 13.2 Å². The zero-order valence-corrected chi connectivity index (χ0v) is 14.9. The molecule has 8 heteroatoms. The van der Waals surface area contributed by atoms with Crippen molar-refractivity contribution in [3.8, 4) is 0 Å². The third kappa shape index (κ3) is 4.51. The summed E-state index contributed by atoms with van der Waals surface area (Å²) in [5, 5.41) is 3.54. The summed E-state index contributed by atoms with van der Waals surface area (Å²) in [6.07, 6.45) is -3.19. The van der Waals surface area contributed by atoms with Gasteiger partial charge in [-0.3, -0.25) is 4.79 Å². The molecule has 0 saturated carbocycles. The lowest BCUT2D eigenvalue weighted by atomic mass is 10.1. The summed E-state index contributed by atoms with van der Waals surface area (Å²) < 4.78 is 51.4. The molecule has 140 valence electrons. The maximum atomic E-state index is 13.0. The fraction of sp³-hybridized carbons (Fsp3) is 0.158. The van der Waals surface area contributed by atoms with Crippen molar-refractivity contribution in [2.24, 2.45) is 0 Å². The molecule has 1 unspecified atom stereocenters. The van der Waals surface area contributed by atoms with Gasteiger partial charge in [-0.1, -0.05) is 35.6 Å². The van der Waals surface area contributed by atoms with E-state index in [1.165, 1.54) is 30.5 Å². The molecule has 0 aliphatic rings. The number of hydrogen-bond acceptors (Lipinski definition) is 4.